The lowest BCUT2D eigenvalue weighted by molar-refractivity contribution is -0.136. The molecule has 196 valence electrons. The number of carbonyl (C=O) groups is 3. The summed E-state index contributed by atoms with van der Waals surface area (Å²) in [4.78, 5) is 40.1. The molecule has 0 aliphatic carbocycles. The van der Waals surface area contributed by atoms with Crippen molar-refractivity contribution in [3.05, 3.63) is 46.3 Å². The summed E-state index contributed by atoms with van der Waals surface area (Å²) in [5, 5.41) is 33.5. The number of benzene rings is 2. The lowest BCUT2D eigenvalue weighted by Crippen LogP contribution is -2.52. The molecular formula is C25H26FN3O8. The van der Waals surface area contributed by atoms with E-state index in [0.29, 0.717) is 37.4 Å². The molecule has 2 saturated heterocycles. The van der Waals surface area contributed by atoms with E-state index in [9.17, 15) is 34.1 Å². The number of morpholine rings is 1. The quantitative estimate of drug-likeness (QED) is 0.252. The number of hydrogen-bond donors (Lipinski definition) is 4. The fraction of sp³-hybridized carbons (Fsp3) is 0.400. The lowest BCUT2D eigenvalue weighted by Gasteiger charge is -2.29. The van der Waals surface area contributed by atoms with Crippen molar-refractivity contribution in [3.8, 4) is 23.0 Å². The van der Waals surface area contributed by atoms with Crippen LogP contribution in [-0.4, -0.2) is 75.2 Å². The Labute approximate surface area is 211 Å². The minimum absolute atomic E-state index is 0.0306. The molecule has 1 unspecified atom stereocenters. The zero-order chi connectivity index (χ0) is 26.3. The number of halogens is 1. The number of ether oxygens (including phenoxy) is 2. The summed E-state index contributed by atoms with van der Waals surface area (Å²) in [6, 6.07) is 3.93. The monoisotopic (exact) mass is 515 g/mol. The molecule has 12 heteroatoms. The Balaban J connectivity index is 1.38. The van der Waals surface area contributed by atoms with Crippen LogP contribution in [0.4, 0.5) is 4.39 Å². The van der Waals surface area contributed by atoms with Gasteiger partial charge in [0.05, 0.1) is 30.9 Å². The predicted octanol–water partition coefficient (Wildman–Crippen LogP) is 1.11. The van der Waals surface area contributed by atoms with Crippen molar-refractivity contribution in [2.45, 2.75) is 38.6 Å². The predicted molar refractivity (Wildman–Crippen MR) is 124 cm³/mol. The van der Waals surface area contributed by atoms with Gasteiger partial charge < -0.3 is 29.7 Å². The van der Waals surface area contributed by atoms with Gasteiger partial charge in [-0.25, -0.2) is 4.39 Å². The molecule has 2 aromatic rings. The molecule has 0 radical (unpaired) electrons. The number of carbonyl (C=O) groups excluding carboxylic acids is 3. The number of nitrogens with one attached hydrogen (secondary N) is 1. The standard InChI is InChI=1S/C25H26FN3O8/c26-20-16(21(31)15(22(32)23(20)33)10-28-6-8-36-9-7-28)12-37-18-3-1-2-13-14(18)11-29(25(13)35)17-4-5-19(30)27-24(17)34/h1-3,17,31-33H,4-12H2,(H,27,30,34). The van der Waals surface area contributed by atoms with Crippen LogP contribution in [-0.2, 0) is 34.0 Å². The Bertz CT molecular complexity index is 1280. The number of phenols is 3. The first-order chi connectivity index (χ1) is 17.8. The molecule has 0 spiro atoms. The van der Waals surface area contributed by atoms with E-state index in [0.717, 1.165) is 0 Å². The Morgan fingerprint density at radius 1 is 1.05 bits per heavy atom. The van der Waals surface area contributed by atoms with Crippen molar-refractivity contribution < 1.29 is 43.6 Å². The minimum Gasteiger partial charge on any atom is -0.507 e. The number of hydrogen-bond acceptors (Lipinski definition) is 9. The van der Waals surface area contributed by atoms with E-state index < -0.39 is 41.6 Å². The zero-order valence-corrected chi connectivity index (χ0v) is 19.8. The van der Waals surface area contributed by atoms with Gasteiger partial charge in [-0.15, -0.1) is 0 Å². The Hall–Kier alpha value is -3.90. The summed E-state index contributed by atoms with van der Waals surface area (Å²) in [5.74, 6) is -4.56. The van der Waals surface area contributed by atoms with Gasteiger partial charge in [0.1, 0.15) is 24.1 Å². The number of fused-ring (bicyclic) bond motifs is 1. The van der Waals surface area contributed by atoms with Gasteiger partial charge in [-0.1, -0.05) is 6.07 Å². The highest BCUT2D eigenvalue weighted by Gasteiger charge is 2.40. The van der Waals surface area contributed by atoms with Crippen molar-refractivity contribution >= 4 is 17.7 Å². The van der Waals surface area contributed by atoms with Crippen molar-refractivity contribution in [3.63, 3.8) is 0 Å². The van der Waals surface area contributed by atoms with E-state index in [1.54, 1.807) is 18.2 Å². The summed E-state index contributed by atoms with van der Waals surface area (Å²) < 4.78 is 26.0. The molecule has 3 aliphatic heterocycles. The first kappa shape index (κ1) is 24.8. The van der Waals surface area contributed by atoms with E-state index in [-0.39, 0.29) is 54.6 Å². The van der Waals surface area contributed by atoms with Crippen molar-refractivity contribution in [1.82, 2.24) is 15.1 Å². The second-order valence-corrected chi connectivity index (χ2v) is 9.18. The van der Waals surface area contributed by atoms with Crippen LogP contribution in [0.5, 0.6) is 23.0 Å². The summed E-state index contributed by atoms with van der Waals surface area (Å²) >= 11 is 0. The van der Waals surface area contributed by atoms with Crippen LogP contribution in [0, 0.1) is 5.82 Å². The Kier molecular flexibility index (Phi) is 6.61. The number of amides is 3. The molecule has 3 aliphatic rings. The second kappa shape index (κ2) is 9.87. The smallest absolute Gasteiger partial charge is 0.255 e. The second-order valence-electron chi connectivity index (χ2n) is 9.18. The molecule has 1 atom stereocenters. The first-order valence-electron chi connectivity index (χ1n) is 11.9. The van der Waals surface area contributed by atoms with E-state index in [1.807, 2.05) is 4.90 Å². The van der Waals surface area contributed by atoms with Crippen LogP contribution >= 0.6 is 0 Å². The van der Waals surface area contributed by atoms with E-state index in [4.69, 9.17) is 9.47 Å². The van der Waals surface area contributed by atoms with Gasteiger partial charge in [0.15, 0.2) is 17.3 Å². The van der Waals surface area contributed by atoms with Crippen LogP contribution in [0.15, 0.2) is 18.2 Å². The van der Waals surface area contributed by atoms with Gasteiger partial charge >= 0.3 is 0 Å². The highest BCUT2D eigenvalue weighted by molar-refractivity contribution is 6.05. The van der Waals surface area contributed by atoms with Crippen molar-refractivity contribution in [2.24, 2.45) is 0 Å². The van der Waals surface area contributed by atoms with E-state index >= 15 is 0 Å². The summed E-state index contributed by atoms with van der Waals surface area (Å²) in [5.41, 5.74) is 0.418. The molecule has 3 amide bonds. The molecule has 5 rings (SSSR count). The van der Waals surface area contributed by atoms with E-state index in [2.05, 4.69) is 5.32 Å². The number of phenolic OH excluding ortho intramolecular Hbond substituents is 3. The number of aromatic hydroxyl groups is 3. The normalized spacial score (nSPS) is 20.2. The van der Waals surface area contributed by atoms with Gasteiger partial charge in [-0.05, 0) is 18.6 Å². The molecule has 2 aromatic carbocycles. The van der Waals surface area contributed by atoms with Gasteiger partial charge in [0.25, 0.3) is 5.91 Å². The van der Waals surface area contributed by atoms with Crippen LogP contribution in [0.1, 0.15) is 39.9 Å². The third kappa shape index (κ3) is 4.53. The summed E-state index contributed by atoms with van der Waals surface area (Å²) in [7, 11) is 0. The highest BCUT2D eigenvalue weighted by atomic mass is 19.1. The van der Waals surface area contributed by atoms with Gasteiger partial charge in [-0.2, -0.15) is 0 Å². The van der Waals surface area contributed by atoms with Crippen LogP contribution < -0.4 is 10.1 Å². The molecular weight excluding hydrogens is 489 g/mol. The number of imide groups is 1. The van der Waals surface area contributed by atoms with Gasteiger partial charge in [-0.3, -0.25) is 24.6 Å². The third-order valence-corrected chi connectivity index (χ3v) is 6.95. The average Bonchev–Trinajstić information content (AvgIpc) is 3.23. The molecule has 37 heavy (non-hydrogen) atoms. The molecule has 3 heterocycles. The number of rotatable bonds is 6. The highest BCUT2D eigenvalue weighted by Crippen LogP contribution is 2.43. The Morgan fingerprint density at radius 2 is 1.81 bits per heavy atom. The van der Waals surface area contributed by atoms with Crippen molar-refractivity contribution in [2.75, 3.05) is 26.3 Å². The maximum atomic E-state index is 14.9. The maximum absolute atomic E-state index is 14.9. The molecule has 4 N–H and O–H groups in total. The first-order valence-corrected chi connectivity index (χ1v) is 11.9. The molecule has 0 saturated carbocycles. The fourth-order valence-corrected chi connectivity index (χ4v) is 4.89. The molecule has 0 bridgehead atoms. The van der Waals surface area contributed by atoms with Gasteiger partial charge in [0.2, 0.25) is 11.8 Å². The molecule has 2 fully saturated rings. The third-order valence-electron chi connectivity index (χ3n) is 6.95. The minimum atomic E-state index is -1.21. The zero-order valence-electron chi connectivity index (χ0n) is 19.8. The number of piperidine rings is 1. The lowest BCUT2D eigenvalue weighted by atomic mass is 10.0. The topological polar surface area (TPSA) is 149 Å². The average molecular weight is 515 g/mol. The van der Waals surface area contributed by atoms with Gasteiger partial charge in [0, 0.05) is 37.2 Å². The Morgan fingerprint density at radius 3 is 2.54 bits per heavy atom. The van der Waals surface area contributed by atoms with E-state index in [1.165, 1.54) is 4.90 Å². The summed E-state index contributed by atoms with van der Waals surface area (Å²) in [6.07, 6.45) is 0.327. The molecule has 0 aromatic heterocycles. The SMILES string of the molecule is O=C1CCC(N2Cc3c(OCc4c(O)c(CN5CCOCC5)c(O)c(O)c4F)cccc3C2=O)C(=O)N1. The number of nitrogens with zero attached hydrogens (tertiary/aromatic N) is 2. The van der Waals surface area contributed by atoms with Crippen LogP contribution in [0.3, 0.4) is 0 Å². The maximum Gasteiger partial charge on any atom is 0.255 e. The van der Waals surface area contributed by atoms with Crippen LogP contribution in [0.2, 0.25) is 0 Å². The van der Waals surface area contributed by atoms with Crippen LogP contribution in [0.25, 0.3) is 0 Å². The fourth-order valence-electron chi connectivity index (χ4n) is 4.89. The van der Waals surface area contributed by atoms with Crippen molar-refractivity contribution in [1.29, 1.82) is 0 Å². The largest absolute Gasteiger partial charge is 0.507 e. The molecule has 11 nitrogen and oxygen atoms in total. The summed E-state index contributed by atoms with van der Waals surface area (Å²) in [6.45, 7) is 1.64.